The third kappa shape index (κ3) is 3.76. The molecule has 7 nitrogen and oxygen atoms in total. The maximum atomic E-state index is 12.6. The van der Waals surface area contributed by atoms with E-state index in [4.69, 9.17) is 5.11 Å². The third-order valence-electron chi connectivity index (χ3n) is 4.39. The van der Waals surface area contributed by atoms with E-state index < -0.39 is 16.0 Å². The van der Waals surface area contributed by atoms with Gasteiger partial charge in [-0.05, 0) is 44.0 Å². The van der Waals surface area contributed by atoms with E-state index in [1.54, 1.807) is 11.9 Å². The molecule has 0 aliphatic carbocycles. The summed E-state index contributed by atoms with van der Waals surface area (Å²) in [5.74, 6) is -1.19. The van der Waals surface area contributed by atoms with Gasteiger partial charge in [-0.25, -0.2) is 13.2 Å². The first-order chi connectivity index (χ1) is 11.3. The fourth-order valence-electron chi connectivity index (χ4n) is 2.73. The highest BCUT2D eigenvalue weighted by Crippen LogP contribution is 2.25. The number of nitrogens with zero attached hydrogens (tertiary/aromatic N) is 2. The van der Waals surface area contributed by atoms with E-state index in [-0.39, 0.29) is 35.4 Å². The molecule has 2 rings (SSSR count). The Hall–Kier alpha value is -1.93. The molecule has 0 atom stereocenters. The summed E-state index contributed by atoms with van der Waals surface area (Å²) in [5, 5.41) is 8.88. The van der Waals surface area contributed by atoms with Crippen molar-refractivity contribution >= 4 is 21.9 Å². The molecule has 1 fully saturated rings. The first-order valence-corrected chi connectivity index (χ1v) is 9.30. The van der Waals surface area contributed by atoms with Gasteiger partial charge in [-0.1, -0.05) is 0 Å². The Balaban J connectivity index is 2.07. The average molecular weight is 354 g/mol. The van der Waals surface area contributed by atoms with Crippen molar-refractivity contribution in [3.8, 4) is 0 Å². The van der Waals surface area contributed by atoms with Crippen LogP contribution in [0.5, 0.6) is 0 Å². The number of sulfonamides is 1. The molecule has 1 aromatic rings. The second-order valence-corrected chi connectivity index (χ2v) is 7.80. The first kappa shape index (κ1) is 18.4. The van der Waals surface area contributed by atoms with Gasteiger partial charge in [0, 0.05) is 32.6 Å². The summed E-state index contributed by atoms with van der Waals surface area (Å²) >= 11 is 0. The van der Waals surface area contributed by atoms with Crippen LogP contribution in [-0.4, -0.2) is 61.3 Å². The number of carboxylic acid groups (broad SMARTS) is 1. The van der Waals surface area contributed by atoms with Gasteiger partial charge in [-0.3, -0.25) is 4.79 Å². The number of carbonyl (C=O) groups excluding carboxylic acids is 1. The third-order valence-corrected chi connectivity index (χ3v) is 6.31. The fraction of sp³-hybridized carbons (Fsp3) is 0.500. The van der Waals surface area contributed by atoms with Gasteiger partial charge in [-0.2, -0.15) is 4.31 Å². The zero-order valence-electron chi connectivity index (χ0n) is 13.8. The molecule has 1 aliphatic rings. The molecule has 0 radical (unpaired) electrons. The molecule has 1 aromatic carbocycles. The summed E-state index contributed by atoms with van der Waals surface area (Å²) < 4.78 is 26.6. The molecule has 0 unspecified atom stereocenters. The van der Waals surface area contributed by atoms with Gasteiger partial charge in [0.15, 0.2) is 0 Å². The van der Waals surface area contributed by atoms with E-state index in [2.05, 4.69) is 0 Å². The highest BCUT2D eigenvalue weighted by atomic mass is 32.2. The lowest BCUT2D eigenvalue weighted by molar-refractivity contribution is -0.135. The van der Waals surface area contributed by atoms with Gasteiger partial charge in [0.25, 0.3) is 0 Å². The quantitative estimate of drug-likeness (QED) is 0.859. The normalized spacial score (nSPS) is 16.8. The number of carbonyl (C=O) groups is 2. The predicted octanol–water partition coefficient (Wildman–Crippen LogP) is 1.26. The zero-order chi connectivity index (χ0) is 17.9. The van der Waals surface area contributed by atoms with E-state index in [0.717, 1.165) is 0 Å². The van der Waals surface area contributed by atoms with Gasteiger partial charge >= 0.3 is 5.97 Å². The Labute approximate surface area is 141 Å². The molecule has 1 saturated heterocycles. The number of benzene rings is 1. The average Bonchev–Trinajstić information content (AvgIpc) is 2.60. The topological polar surface area (TPSA) is 95.0 Å². The summed E-state index contributed by atoms with van der Waals surface area (Å²) in [6.45, 7) is 3.11. The van der Waals surface area contributed by atoms with Gasteiger partial charge < -0.3 is 10.0 Å². The first-order valence-electron chi connectivity index (χ1n) is 7.86. The monoisotopic (exact) mass is 354 g/mol. The molecular formula is C16H22N2O5S. The van der Waals surface area contributed by atoms with Crippen molar-refractivity contribution in [3.63, 3.8) is 0 Å². The number of hydrogen-bond donors (Lipinski definition) is 1. The molecular weight excluding hydrogens is 332 g/mol. The highest BCUT2D eigenvalue weighted by molar-refractivity contribution is 7.89. The molecule has 1 amide bonds. The molecule has 0 aromatic heterocycles. The molecule has 1 heterocycles. The Morgan fingerprint density at radius 2 is 1.75 bits per heavy atom. The SMILES string of the molecule is CCN(C)C(=O)C1CCN(S(=O)(=O)c2ccc(C(=O)O)cc2)CC1. The zero-order valence-corrected chi connectivity index (χ0v) is 14.6. The van der Waals surface area contributed by atoms with Gasteiger partial charge in [-0.15, -0.1) is 0 Å². The maximum absolute atomic E-state index is 12.6. The van der Waals surface area contributed by atoms with Crippen molar-refractivity contribution in [2.45, 2.75) is 24.7 Å². The Morgan fingerprint density at radius 1 is 1.21 bits per heavy atom. The van der Waals surface area contributed by atoms with Crippen LogP contribution < -0.4 is 0 Å². The lowest BCUT2D eigenvalue weighted by atomic mass is 9.97. The standard InChI is InChI=1S/C16H22N2O5S/c1-3-17(2)15(19)12-8-10-18(11-9-12)24(22,23)14-6-4-13(5-7-14)16(20)21/h4-7,12H,3,8-11H2,1-2H3,(H,20,21). The van der Waals surface area contributed by atoms with E-state index in [0.29, 0.717) is 19.4 Å². The minimum Gasteiger partial charge on any atom is -0.478 e. The van der Waals surface area contributed by atoms with Crippen LogP contribution >= 0.6 is 0 Å². The van der Waals surface area contributed by atoms with Crippen molar-refractivity contribution in [2.75, 3.05) is 26.7 Å². The van der Waals surface area contributed by atoms with Crippen LogP contribution in [0.1, 0.15) is 30.1 Å². The maximum Gasteiger partial charge on any atom is 0.335 e. The van der Waals surface area contributed by atoms with Crippen LogP contribution in [0, 0.1) is 5.92 Å². The fourth-order valence-corrected chi connectivity index (χ4v) is 4.20. The van der Waals surface area contributed by atoms with Crippen molar-refractivity contribution in [3.05, 3.63) is 29.8 Å². The lowest BCUT2D eigenvalue weighted by Gasteiger charge is -2.32. The molecule has 0 saturated carbocycles. The number of carboxylic acids is 1. The van der Waals surface area contributed by atoms with E-state index >= 15 is 0 Å². The number of rotatable bonds is 5. The minimum atomic E-state index is -3.66. The van der Waals surface area contributed by atoms with Gasteiger partial charge in [0.1, 0.15) is 0 Å². The smallest absolute Gasteiger partial charge is 0.335 e. The molecule has 132 valence electrons. The van der Waals surface area contributed by atoms with Crippen molar-refractivity contribution < 1.29 is 23.1 Å². The Bertz CT molecular complexity index is 706. The molecule has 0 bridgehead atoms. The van der Waals surface area contributed by atoms with Crippen LogP contribution in [0.3, 0.4) is 0 Å². The van der Waals surface area contributed by atoms with Crippen molar-refractivity contribution in [1.29, 1.82) is 0 Å². The molecule has 8 heteroatoms. The Morgan fingerprint density at radius 3 is 2.21 bits per heavy atom. The molecule has 1 aliphatic heterocycles. The van der Waals surface area contributed by atoms with Crippen molar-refractivity contribution in [2.24, 2.45) is 5.92 Å². The van der Waals surface area contributed by atoms with E-state index in [1.165, 1.54) is 28.6 Å². The number of piperidine rings is 1. The lowest BCUT2D eigenvalue weighted by Crippen LogP contribution is -2.43. The van der Waals surface area contributed by atoms with Crippen LogP contribution in [0.2, 0.25) is 0 Å². The summed E-state index contributed by atoms with van der Waals surface area (Å²) in [5.41, 5.74) is 0.0425. The second-order valence-electron chi connectivity index (χ2n) is 5.86. The van der Waals surface area contributed by atoms with Crippen LogP contribution in [-0.2, 0) is 14.8 Å². The van der Waals surface area contributed by atoms with Gasteiger partial charge in [0.05, 0.1) is 10.5 Å². The predicted molar refractivity (Wildman–Crippen MR) is 88.2 cm³/mol. The highest BCUT2D eigenvalue weighted by Gasteiger charge is 2.32. The number of amides is 1. The van der Waals surface area contributed by atoms with E-state index in [9.17, 15) is 18.0 Å². The summed E-state index contributed by atoms with van der Waals surface area (Å²) in [4.78, 5) is 24.7. The Kier molecular flexibility index (Phi) is 5.61. The molecule has 1 N–H and O–H groups in total. The van der Waals surface area contributed by atoms with Crippen molar-refractivity contribution in [1.82, 2.24) is 9.21 Å². The second kappa shape index (κ2) is 7.31. The molecule has 24 heavy (non-hydrogen) atoms. The van der Waals surface area contributed by atoms with Crippen LogP contribution in [0.25, 0.3) is 0 Å². The van der Waals surface area contributed by atoms with E-state index in [1.807, 2.05) is 6.92 Å². The van der Waals surface area contributed by atoms with Crippen LogP contribution in [0.4, 0.5) is 0 Å². The summed E-state index contributed by atoms with van der Waals surface area (Å²) in [6.07, 6.45) is 0.991. The largest absolute Gasteiger partial charge is 0.478 e. The number of hydrogen-bond acceptors (Lipinski definition) is 4. The summed E-state index contributed by atoms with van der Waals surface area (Å²) in [7, 11) is -1.92. The molecule has 0 spiro atoms. The number of aromatic carboxylic acids is 1. The minimum absolute atomic E-state index is 0.0425. The van der Waals surface area contributed by atoms with Crippen LogP contribution in [0.15, 0.2) is 29.2 Å². The van der Waals surface area contributed by atoms with Gasteiger partial charge in [0.2, 0.25) is 15.9 Å². The summed E-state index contributed by atoms with van der Waals surface area (Å²) in [6, 6.07) is 5.17.